The molecule has 0 aliphatic carbocycles. The van der Waals surface area contributed by atoms with E-state index in [1.165, 1.54) is 0 Å². The van der Waals surface area contributed by atoms with Gasteiger partial charge in [0.25, 0.3) is 0 Å². The van der Waals surface area contributed by atoms with E-state index in [0.29, 0.717) is 0 Å². The first-order chi connectivity index (χ1) is 10.1. The summed E-state index contributed by atoms with van der Waals surface area (Å²) in [5.74, 6) is 1.65. The quantitative estimate of drug-likeness (QED) is 0.914. The van der Waals surface area contributed by atoms with Crippen molar-refractivity contribution in [3.05, 3.63) is 48.0 Å². The van der Waals surface area contributed by atoms with Crippen molar-refractivity contribution < 1.29 is 9.47 Å². The highest BCUT2D eigenvalue weighted by Gasteiger charge is 2.16. The lowest BCUT2D eigenvalue weighted by molar-refractivity contribution is 0.407. The summed E-state index contributed by atoms with van der Waals surface area (Å²) < 4.78 is 10.6. The van der Waals surface area contributed by atoms with Crippen molar-refractivity contribution in [2.45, 2.75) is 13.0 Å². The van der Waals surface area contributed by atoms with Gasteiger partial charge in [-0.05, 0) is 43.3 Å². The molecule has 112 valence electrons. The lowest BCUT2D eigenvalue weighted by Crippen LogP contribution is -2.16. The van der Waals surface area contributed by atoms with Crippen LogP contribution in [-0.4, -0.2) is 21.3 Å². The van der Waals surface area contributed by atoms with Crippen molar-refractivity contribution in [1.29, 1.82) is 0 Å². The highest BCUT2D eigenvalue weighted by atomic mass is 16.5. The smallest absolute Gasteiger partial charge is 0.125 e. The zero-order chi connectivity index (χ0) is 15.4. The van der Waals surface area contributed by atoms with E-state index in [1.54, 1.807) is 14.2 Å². The molecule has 21 heavy (non-hydrogen) atoms. The maximum absolute atomic E-state index is 6.13. The van der Waals surface area contributed by atoms with Gasteiger partial charge in [-0.25, -0.2) is 0 Å². The minimum Gasteiger partial charge on any atom is -0.497 e. The Hall–Kier alpha value is -2.20. The van der Waals surface area contributed by atoms with E-state index in [0.717, 1.165) is 28.4 Å². The number of benzene rings is 2. The molecule has 1 atom stereocenters. The monoisotopic (exact) mass is 286 g/mol. The van der Waals surface area contributed by atoms with Crippen molar-refractivity contribution in [3.63, 3.8) is 0 Å². The topological polar surface area (TPSA) is 47.7 Å². The van der Waals surface area contributed by atoms with Gasteiger partial charge in [-0.2, -0.15) is 0 Å². The van der Waals surface area contributed by atoms with Gasteiger partial charge < -0.3 is 20.1 Å². The molecule has 2 aromatic carbocycles. The van der Waals surface area contributed by atoms with Gasteiger partial charge >= 0.3 is 0 Å². The first-order valence-corrected chi connectivity index (χ1v) is 6.88. The van der Waals surface area contributed by atoms with Crippen LogP contribution in [-0.2, 0) is 0 Å². The van der Waals surface area contributed by atoms with Crippen LogP contribution >= 0.6 is 0 Å². The highest BCUT2D eigenvalue weighted by molar-refractivity contribution is 5.69. The van der Waals surface area contributed by atoms with Crippen molar-refractivity contribution in [3.8, 4) is 11.5 Å². The second-order valence-electron chi connectivity index (χ2n) is 4.94. The zero-order valence-electron chi connectivity index (χ0n) is 13.0. The average molecular weight is 286 g/mol. The third kappa shape index (κ3) is 3.11. The number of rotatable bonds is 5. The fourth-order valence-corrected chi connectivity index (χ4v) is 2.41. The minimum atomic E-state index is -0.114. The van der Waals surface area contributed by atoms with Crippen LogP contribution in [0.2, 0.25) is 0 Å². The molecule has 2 N–H and O–H groups in total. The Morgan fingerprint density at radius 1 is 1.00 bits per heavy atom. The predicted molar refractivity (Wildman–Crippen MR) is 86.7 cm³/mol. The van der Waals surface area contributed by atoms with Gasteiger partial charge in [0.2, 0.25) is 0 Å². The zero-order valence-corrected chi connectivity index (χ0v) is 13.0. The molecule has 0 fully saturated rings. The molecule has 0 amide bonds. The maximum Gasteiger partial charge on any atom is 0.125 e. The van der Waals surface area contributed by atoms with E-state index in [2.05, 4.69) is 4.90 Å². The summed E-state index contributed by atoms with van der Waals surface area (Å²) in [5.41, 5.74) is 9.22. The van der Waals surface area contributed by atoms with E-state index in [9.17, 15) is 0 Å². The Morgan fingerprint density at radius 2 is 1.67 bits per heavy atom. The highest BCUT2D eigenvalue weighted by Crippen LogP contribution is 2.36. The molecule has 0 radical (unpaired) electrons. The Morgan fingerprint density at radius 3 is 2.19 bits per heavy atom. The molecule has 0 aromatic heterocycles. The van der Waals surface area contributed by atoms with Crippen molar-refractivity contribution in [2.24, 2.45) is 5.73 Å². The lowest BCUT2D eigenvalue weighted by atomic mass is 10.0. The number of nitrogens with zero attached hydrogens (tertiary/aromatic N) is 1. The molecule has 4 nitrogen and oxygen atoms in total. The summed E-state index contributed by atoms with van der Waals surface area (Å²) in [6, 6.07) is 13.8. The summed E-state index contributed by atoms with van der Waals surface area (Å²) in [5, 5.41) is 0. The van der Waals surface area contributed by atoms with Crippen LogP contribution in [0, 0.1) is 0 Å². The minimum absolute atomic E-state index is 0.114. The molecule has 0 bridgehead atoms. The molecule has 2 rings (SSSR count). The van der Waals surface area contributed by atoms with E-state index in [1.807, 2.05) is 56.4 Å². The van der Waals surface area contributed by atoms with Crippen LogP contribution in [0.1, 0.15) is 18.5 Å². The Kier molecular flexibility index (Phi) is 4.70. The van der Waals surface area contributed by atoms with Gasteiger partial charge in [-0.1, -0.05) is 6.07 Å². The molecule has 0 unspecified atom stereocenters. The summed E-state index contributed by atoms with van der Waals surface area (Å²) in [7, 11) is 5.34. The van der Waals surface area contributed by atoms with E-state index < -0.39 is 0 Å². The van der Waals surface area contributed by atoms with Crippen molar-refractivity contribution in [2.75, 3.05) is 26.2 Å². The van der Waals surface area contributed by atoms with Crippen LogP contribution in [0.5, 0.6) is 11.5 Å². The van der Waals surface area contributed by atoms with Crippen molar-refractivity contribution in [1.82, 2.24) is 0 Å². The molecule has 2 aromatic rings. The Bertz CT molecular complexity index is 594. The van der Waals surface area contributed by atoms with Crippen LogP contribution < -0.4 is 20.1 Å². The first kappa shape index (κ1) is 15.2. The summed E-state index contributed by atoms with van der Waals surface area (Å²) in [4.78, 5) is 2.10. The molecule has 4 heteroatoms. The fourth-order valence-electron chi connectivity index (χ4n) is 2.41. The normalized spacial score (nSPS) is 11.9. The first-order valence-electron chi connectivity index (χ1n) is 6.88. The molecular weight excluding hydrogens is 264 g/mol. The molecule has 0 saturated heterocycles. The third-order valence-electron chi connectivity index (χ3n) is 3.54. The molecule has 0 heterocycles. The SMILES string of the molecule is COc1ccc(N(C)c2cccc(OC)c2[C@@H](C)N)cc1. The van der Waals surface area contributed by atoms with Crippen LogP contribution in [0.4, 0.5) is 11.4 Å². The number of methoxy groups -OCH3 is 2. The largest absolute Gasteiger partial charge is 0.497 e. The summed E-state index contributed by atoms with van der Waals surface area (Å²) >= 11 is 0. The number of hydrogen-bond donors (Lipinski definition) is 1. The molecule has 0 aliphatic rings. The number of nitrogens with two attached hydrogens (primary N) is 1. The average Bonchev–Trinajstić information content (AvgIpc) is 2.53. The van der Waals surface area contributed by atoms with Crippen LogP contribution in [0.15, 0.2) is 42.5 Å². The second-order valence-corrected chi connectivity index (χ2v) is 4.94. The van der Waals surface area contributed by atoms with E-state index in [-0.39, 0.29) is 6.04 Å². The number of ether oxygens (including phenoxy) is 2. The Balaban J connectivity index is 2.44. The van der Waals surface area contributed by atoms with Crippen LogP contribution in [0.25, 0.3) is 0 Å². The van der Waals surface area contributed by atoms with Crippen molar-refractivity contribution >= 4 is 11.4 Å². The predicted octanol–water partition coefficient (Wildman–Crippen LogP) is 3.49. The number of hydrogen-bond acceptors (Lipinski definition) is 4. The standard InChI is InChI=1S/C17H22N2O2/c1-12(18)17-15(6-5-7-16(17)21-4)19(2)13-8-10-14(20-3)11-9-13/h5-12H,18H2,1-4H3/t12-/m1/s1. The van der Waals surface area contributed by atoms with Crippen LogP contribution in [0.3, 0.4) is 0 Å². The van der Waals surface area contributed by atoms with Gasteiger partial charge in [0.05, 0.1) is 14.2 Å². The molecule has 0 spiro atoms. The maximum atomic E-state index is 6.13. The van der Waals surface area contributed by atoms with Gasteiger partial charge in [0.1, 0.15) is 11.5 Å². The Labute approximate surface area is 126 Å². The van der Waals surface area contributed by atoms with E-state index >= 15 is 0 Å². The van der Waals surface area contributed by atoms with Gasteiger partial charge in [-0.15, -0.1) is 0 Å². The van der Waals surface area contributed by atoms with Gasteiger partial charge in [0, 0.05) is 30.0 Å². The van der Waals surface area contributed by atoms with Gasteiger partial charge in [0.15, 0.2) is 0 Å². The lowest BCUT2D eigenvalue weighted by Gasteiger charge is -2.25. The molecule has 0 aliphatic heterocycles. The third-order valence-corrected chi connectivity index (χ3v) is 3.54. The van der Waals surface area contributed by atoms with E-state index in [4.69, 9.17) is 15.2 Å². The fraction of sp³-hybridized carbons (Fsp3) is 0.294. The molecule has 0 saturated carbocycles. The molecular formula is C17H22N2O2. The van der Waals surface area contributed by atoms with Gasteiger partial charge in [-0.3, -0.25) is 0 Å². The second kappa shape index (κ2) is 6.50. The summed E-state index contributed by atoms with van der Waals surface area (Å²) in [6.07, 6.45) is 0. The summed E-state index contributed by atoms with van der Waals surface area (Å²) in [6.45, 7) is 1.96. The number of anilines is 2.